The Kier molecular flexibility index (Phi) is 4.94. The van der Waals surface area contributed by atoms with Gasteiger partial charge < -0.3 is 5.73 Å². The molecule has 1 aliphatic rings. The molecule has 106 valence electrons. The minimum absolute atomic E-state index is 0.00629. The minimum atomic E-state index is -0.183. The van der Waals surface area contributed by atoms with Crippen molar-refractivity contribution in [1.82, 2.24) is 4.90 Å². The van der Waals surface area contributed by atoms with Crippen molar-refractivity contribution in [3.05, 3.63) is 35.6 Å². The summed E-state index contributed by atoms with van der Waals surface area (Å²) in [5, 5.41) is 0. The number of nitrogens with zero attached hydrogens (tertiary/aromatic N) is 1. The smallest absolute Gasteiger partial charge is 0.123 e. The van der Waals surface area contributed by atoms with E-state index in [0.717, 1.165) is 18.0 Å². The highest BCUT2D eigenvalue weighted by Crippen LogP contribution is 2.29. The summed E-state index contributed by atoms with van der Waals surface area (Å²) in [4.78, 5) is 2.30. The van der Waals surface area contributed by atoms with Gasteiger partial charge in [-0.3, -0.25) is 4.90 Å². The van der Waals surface area contributed by atoms with Crippen LogP contribution < -0.4 is 5.73 Å². The van der Waals surface area contributed by atoms with Crippen LogP contribution >= 0.6 is 0 Å². The van der Waals surface area contributed by atoms with Gasteiger partial charge in [0, 0.05) is 18.6 Å². The molecule has 2 rings (SSSR count). The van der Waals surface area contributed by atoms with Crippen LogP contribution in [0.2, 0.25) is 0 Å². The van der Waals surface area contributed by atoms with E-state index in [0.29, 0.717) is 0 Å². The Hall–Kier alpha value is -0.930. The minimum Gasteiger partial charge on any atom is -0.326 e. The highest BCUT2D eigenvalue weighted by molar-refractivity contribution is 5.21. The molecule has 0 spiro atoms. The summed E-state index contributed by atoms with van der Waals surface area (Å²) in [7, 11) is 2.11. The summed E-state index contributed by atoms with van der Waals surface area (Å²) < 4.78 is 13.4. The van der Waals surface area contributed by atoms with E-state index in [1.54, 1.807) is 12.1 Å². The van der Waals surface area contributed by atoms with Gasteiger partial charge in [0.25, 0.3) is 0 Å². The van der Waals surface area contributed by atoms with Crippen molar-refractivity contribution in [3.8, 4) is 0 Å². The van der Waals surface area contributed by atoms with E-state index in [1.165, 1.54) is 31.7 Å². The molecular formula is C16H25FN2. The lowest BCUT2D eigenvalue weighted by Crippen LogP contribution is -2.39. The highest BCUT2D eigenvalue weighted by Gasteiger charge is 2.25. The number of halogens is 1. The SMILES string of the molecule is CC(N)C(c1cccc(F)c1)N(C)CC1CCCC1. The van der Waals surface area contributed by atoms with Gasteiger partial charge in [-0.2, -0.15) is 0 Å². The molecule has 2 N–H and O–H groups in total. The van der Waals surface area contributed by atoms with Crippen LogP contribution in [0.4, 0.5) is 4.39 Å². The van der Waals surface area contributed by atoms with Gasteiger partial charge in [-0.05, 0) is 50.4 Å². The molecule has 1 aromatic rings. The Morgan fingerprint density at radius 2 is 2.05 bits per heavy atom. The maximum Gasteiger partial charge on any atom is 0.123 e. The molecule has 2 nitrogen and oxygen atoms in total. The van der Waals surface area contributed by atoms with Gasteiger partial charge in [-0.25, -0.2) is 4.39 Å². The first-order chi connectivity index (χ1) is 9.08. The zero-order chi connectivity index (χ0) is 13.8. The molecule has 1 aromatic carbocycles. The Balaban J connectivity index is 2.10. The van der Waals surface area contributed by atoms with Crippen LogP contribution in [0, 0.1) is 11.7 Å². The second-order valence-electron chi connectivity index (χ2n) is 5.95. The Bertz CT molecular complexity index is 399. The number of likely N-dealkylation sites (N-methyl/N-ethyl adjacent to an activating group) is 1. The fourth-order valence-corrected chi connectivity index (χ4v) is 3.36. The van der Waals surface area contributed by atoms with Crippen molar-refractivity contribution < 1.29 is 4.39 Å². The summed E-state index contributed by atoms with van der Waals surface area (Å²) in [5.74, 6) is 0.595. The predicted molar refractivity (Wildman–Crippen MR) is 77.4 cm³/mol. The molecule has 1 aliphatic carbocycles. The van der Waals surface area contributed by atoms with Crippen LogP contribution in [-0.4, -0.2) is 24.5 Å². The first kappa shape index (κ1) is 14.5. The number of nitrogens with two attached hydrogens (primary N) is 1. The molecule has 0 radical (unpaired) electrons. The molecular weight excluding hydrogens is 239 g/mol. The van der Waals surface area contributed by atoms with E-state index in [1.807, 2.05) is 13.0 Å². The van der Waals surface area contributed by atoms with Gasteiger partial charge in [-0.15, -0.1) is 0 Å². The van der Waals surface area contributed by atoms with Gasteiger partial charge in [0.15, 0.2) is 0 Å². The van der Waals surface area contributed by atoms with Gasteiger partial charge in [0.05, 0.1) is 0 Å². The highest BCUT2D eigenvalue weighted by atomic mass is 19.1. The summed E-state index contributed by atoms with van der Waals surface area (Å²) >= 11 is 0. The van der Waals surface area contributed by atoms with Crippen molar-refractivity contribution in [2.75, 3.05) is 13.6 Å². The number of hydrogen-bond acceptors (Lipinski definition) is 2. The predicted octanol–water partition coefficient (Wildman–Crippen LogP) is 3.34. The molecule has 2 atom stereocenters. The quantitative estimate of drug-likeness (QED) is 0.884. The molecule has 0 amide bonds. The average Bonchev–Trinajstić information content (AvgIpc) is 2.81. The number of hydrogen-bond donors (Lipinski definition) is 1. The summed E-state index contributed by atoms with van der Waals surface area (Å²) in [5.41, 5.74) is 7.11. The van der Waals surface area contributed by atoms with Crippen LogP contribution in [0.15, 0.2) is 24.3 Å². The zero-order valence-corrected chi connectivity index (χ0v) is 12.0. The lowest BCUT2D eigenvalue weighted by Gasteiger charge is -2.33. The summed E-state index contributed by atoms with van der Waals surface area (Å²) in [6.07, 6.45) is 5.33. The van der Waals surface area contributed by atoms with Gasteiger partial charge in [0.1, 0.15) is 5.82 Å². The normalized spacial score (nSPS) is 19.8. The average molecular weight is 264 g/mol. The number of benzene rings is 1. The van der Waals surface area contributed by atoms with Gasteiger partial charge in [-0.1, -0.05) is 25.0 Å². The van der Waals surface area contributed by atoms with Crippen molar-refractivity contribution >= 4 is 0 Å². The standard InChI is InChI=1S/C16H25FN2/c1-12(18)16(14-8-5-9-15(17)10-14)19(2)11-13-6-3-4-7-13/h5,8-10,12-13,16H,3-4,6-7,11,18H2,1-2H3. The molecule has 1 saturated carbocycles. The number of rotatable bonds is 5. The fraction of sp³-hybridized carbons (Fsp3) is 0.625. The molecule has 3 heteroatoms. The van der Waals surface area contributed by atoms with Crippen molar-refractivity contribution in [2.45, 2.75) is 44.7 Å². The van der Waals surface area contributed by atoms with E-state index in [4.69, 9.17) is 5.73 Å². The lowest BCUT2D eigenvalue weighted by atomic mass is 9.97. The monoisotopic (exact) mass is 264 g/mol. The van der Waals surface area contributed by atoms with E-state index in [9.17, 15) is 4.39 Å². The Morgan fingerprint density at radius 3 is 2.63 bits per heavy atom. The van der Waals surface area contributed by atoms with Crippen LogP contribution in [0.3, 0.4) is 0 Å². The molecule has 0 aliphatic heterocycles. The topological polar surface area (TPSA) is 29.3 Å². The van der Waals surface area contributed by atoms with E-state index >= 15 is 0 Å². The largest absolute Gasteiger partial charge is 0.326 e. The molecule has 19 heavy (non-hydrogen) atoms. The van der Waals surface area contributed by atoms with E-state index < -0.39 is 0 Å². The van der Waals surface area contributed by atoms with Gasteiger partial charge in [0.2, 0.25) is 0 Å². The molecule has 0 saturated heterocycles. The van der Waals surface area contributed by atoms with E-state index in [-0.39, 0.29) is 17.9 Å². The third kappa shape index (κ3) is 3.77. The van der Waals surface area contributed by atoms with Gasteiger partial charge >= 0.3 is 0 Å². The summed E-state index contributed by atoms with van der Waals surface area (Å²) in [6.45, 7) is 3.06. The van der Waals surface area contributed by atoms with E-state index in [2.05, 4.69) is 11.9 Å². The molecule has 0 bridgehead atoms. The van der Waals surface area contributed by atoms with Crippen LogP contribution in [-0.2, 0) is 0 Å². The zero-order valence-electron chi connectivity index (χ0n) is 12.0. The van der Waals surface area contributed by atoms with Crippen LogP contribution in [0.1, 0.15) is 44.2 Å². The second-order valence-corrected chi connectivity index (χ2v) is 5.95. The molecule has 0 heterocycles. The maximum atomic E-state index is 13.4. The lowest BCUT2D eigenvalue weighted by molar-refractivity contribution is 0.187. The first-order valence-corrected chi connectivity index (χ1v) is 7.29. The van der Waals surface area contributed by atoms with Crippen molar-refractivity contribution in [1.29, 1.82) is 0 Å². The Morgan fingerprint density at radius 1 is 1.37 bits per heavy atom. The van der Waals surface area contributed by atoms with Crippen LogP contribution in [0.25, 0.3) is 0 Å². The van der Waals surface area contributed by atoms with Crippen LogP contribution in [0.5, 0.6) is 0 Å². The fourth-order valence-electron chi connectivity index (χ4n) is 3.36. The first-order valence-electron chi connectivity index (χ1n) is 7.29. The van der Waals surface area contributed by atoms with Crippen molar-refractivity contribution in [2.24, 2.45) is 11.7 Å². The second kappa shape index (κ2) is 6.49. The third-order valence-corrected chi connectivity index (χ3v) is 4.18. The molecule has 1 fully saturated rings. The summed E-state index contributed by atoms with van der Waals surface area (Å²) in [6, 6.07) is 6.92. The Labute approximate surface area is 115 Å². The molecule has 0 aromatic heterocycles. The maximum absolute atomic E-state index is 13.4. The third-order valence-electron chi connectivity index (χ3n) is 4.18. The van der Waals surface area contributed by atoms with Crippen molar-refractivity contribution in [3.63, 3.8) is 0 Å². The molecule has 2 unspecified atom stereocenters.